The summed E-state index contributed by atoms with van der Waals surface area (Å²) in [4.78, 5) is 0. The molecule has 2 heteroatoms. The summed E-state index contributed by atoms with van der Waals surface area (Å²) in [7, 11) is 0. The highest BCUT2D eigenvalue weighted by Gasteiger charge is 1.98. The van der Waals surface area contributed by atoms with Crippen LogP contribution in [0.3, 0.4) is 0 Å². The van der Waals surface area contributed by atoms with Gasteiger partial charge in [-0.1, -0.05) is 26.2 Å². The molecule has 0 bridgehead atoms. The van der Waals surface area contributed by atoms with E-state index in [0.717, 1.165) is 32.1 Å². The Bertz CT molecular complexity index is 74.0. The Hall–Kier alpha value is -0.0800. The highest BCUT2D eigenvalue weighted by atomic mass is 16.3. The number of aliphatic hydroxyl groups excluding tert-OH is 2. The van der Waals surface area contributed by atoms with E-state index >= 15 is 0 Å². The number of unbranched alkanes of at least 4 members (excludes halogenated alkanes) is 3. The van der Waals surface area contributed by atoms with Crippen LogP contribution in [0, 0.1) is 19.1 Å². The summed E-state index contributed by atoms with van der Waals surface area (Å²) in [6, 6.07) is 0. The Morgan fingerprint density at radius 1 is 1.18 bits per heavy atom. The van der Waals surface area contributed by atoms with Crippen molar-refractivity contribution in [1.82, 2.24) is 0 Å². The van der Waals surface area contributed by atoms with Crippen molar-refractivity contribution in [3.63, 3.8) is 0 Å². The fourth-order valence-corrected chi connectivity index (χ4v) is 0.953. The van der Waals surface area contributed by atoms with E-state index < -0.39 is 0 Å². The van der Waals surface area contributed by atoms with E-state index in [1.807, 2.05) is 6.92 Å². The van der Waals surface area contributed by atoms with Crippen molar-refractivity contribution in [3.8, 4) is 0 Å². The Labute approximate surface area is 69.2 Å². The van der Waals surface area contributed by atoms with Crippen LogP contribution < -0.4 is 0 Å². The van der Waals surface area contributed by atoms with E-state index in [1.165, 1.54) is 13.2 Å². The van der Waals surface area contributed by atoms with Gasteiger partial charge in [0.25, 0.3) is 0 Å². The molecule has 0 aliphatic heterocycles. The van der Waals surface area contributed by atoms with Crippen LogP contribution in [-0.4, -0.2) is 10.2 Å². The smallest absolute Gasteiger partial charge is 0.0827 e. The van der Waals surface area contributed by atoms with E-state index in [9.17, 15) is 0 Å². The van der Waals surface area contributed by atoms with Gasteiger partial charge in [-0.05, 0) is 18.8 Å². The fraction of sp³-hybridized carbons (Fsp3) is 0.778. The molecule has 2 radical (unpaired) electrons. The zero-order valence-corrected chi connectivity index (χ0v) is 7.16. The minimum Gasteiger partial charge on any atom is -0.390 e. The van der Waals surface area contributed by atoms with Gasteiger partial charge in [0, 0.05) is 0 Å². The molecule has 0 spiro atoms. The first kappa shape index (κ1) is 10.9. The molecular formula is C9H18O2. The van der Waals surface area contributed by atoms with Crippen molar-refractivity contribution in [3.05, 3.63) is 13.2 Å². The topological polar surface area (TPSA) is 40.5 Å². The van der Waals surface area contributed by atoms with E-state index in [4.69, 9.17) is 10.2 Å². The molecule has 0 saturated carbocycles. The highest BCUT2D eigenvalue weighted by molar-refractivity contribution is 4.60. The average Bonchev–Trinajstić information content (AvgIpc) is 2.04. The maximum Gasteiger partial charge on any atom is 0.0827 e. The standard InChI is InChI=1S/C9H18O2/c1-9(8-11)6-4-2-3-5-7-10/h7-11H,2-6H2,1H3. The Morgan fingerprint density at radius 3 is 2.45 bits per heavy atom. The molecule has 0 aromatic carbocycles. The minimum absolute atomic E-state index is 0.313. The Morgan fingerprint density at radius 2 is 1.91 bits per heavy atom. The predicted octanol–water partition coefficient (Wildman–Crippen LogP) is 2.64. The molecule has 66 valence electrons. The third-order valence-corrected chi connectivity index (χ3v) is 1.75. The minimum atomic E-state index is 0.313. The van der Waals surface area contributed by atoms with Gasteiger partial charge in [-0.15, -0.1) is 0 Å². The van der Waals surface area contributed by atoms with Gasteiger partial charge in [-0.3, -0.25) is 0 Å². The van der Waals surface area contributed by atoms with Gasteiger partial charge in [0.2, 0.25) is 0 Å². The van der Waals surface area contributed by atoms with Crippen molar-refractivity contribution < 1.29 is 10.2 Å². The number of hydrogen-bond donors (Lipinski definition) is 2. The zero-order chi connectivity index (χ0) is 8.53. The SMILES string of the molecule is CC([CH]O)CCCCC[CH]O. The van der Waals surface area contributed by atoms with Gasteiger partial charge in [0.05, 0.1) is 13.2 Å². The lowest BCUT2D eigenvalue weighted by atomic mass is 10.0. The normalized spacial score (nSPS) is 13.4. The molecule has 0 heterocycles. The summed E-state index contributed by atoms with van der Waals surface area (Å²) >= 11 is 0. The Balaban J connectivity index is 2.89. The number of rotatable bonds is 7. The molecular weight excluding hydrogens is 140 g/mol. The van der Waals surface area contributed by atoms with Crippen LogP contribution in [0.25, 0.3) is 0 Å². The van der Waals surface area contributed by atoms with Crippen LogP contribution in [0.2, 0.25) is 0 Å². The second-order valence-electron chi connectivity index (χ2n) is 2.95. The monoisotopic (exact) mass is 158 g/mol. The van der Waals surface area contributed by atoms with Gasteiger partial charge in [0.15, 0.2) is 0 Å². The molecule has 1 atom stereocenters. The molecule has 0 rings (SSSR count). The fourth-order valence-electron chi connectivity index (χ4n) is 0.953. The van der Waals surface area contributed by atoms with Crippen LogP contribution in [-0.2, 0) is 0 Å². The van der Waals surface area contributed by atoms with Crippen LogP contribution in [0.1, 0.15) is 39.0 Å². The van der Waals surface area contributed by atoms with Gasteiger partial charge < -0.3 is 10.2 Å². The predicted molar refractivity (Wildman–Crippen MR) is 44.7 cm³/mol. The van der Waals surface area contributed by atoms with E-state index in [1.54, 1.807) is 0 Å². The van der Waals surface area contributed by atoms with Crippen molar-refractivity contribution in [2.75, 3.05) is 0 Å². The molecule has 0 aromatic rings. The number of hydrogen-bond acceptors (Lipinski definition) is 2. The molecule has 2 N–H and O–H groups in total. The first-order valence-corrected chi connectivity index (χ1v) is 4.24. The van der Waals surface area contributed by atoms with Crippen molar-refractivity contribution in [1.29, 1.82) is 0 Å². The molecule has 0 saturated heterocycles. The summed E-state index contributed by atoms with van der Waals surface area (Å²) in [5.41, 5.74) is 0. The summed E-state index contributed by atoms with van der Waals surface area (Å²) < 4.78 is 0. The van der Waals surface area contributed by atoms with Crippen molar-refractivity contribution >= 4 is 0 Å². The van der Waals surface area contributed by atoms with Crippen LogP contribution in [0.5, 0.6) is 0 Å². The van der Waals surface area contributed by atoms with Crippen molar-refractivity contribution in [2.24, 2.45) is 5.92 Å². The molecule has 0 amide bonds. The van der Waals surface area contributed by atoms with E-state index in [2.05, 4.69) is 0 Å². The molecule has 0 aliphatic carbocycles. The van der Waals surface area contributed by atoms with Crippen molar-refractivity contribution in [2.45, 2.75) is 39.0 Å². The van der Waals surface area contributed by atoms with Gasteiger partial charge >= 0.3 is 0 Å². The lowest BCUT2D eigenvalue weighted by molar-refractivity contribution is 0.310. The first-order chi connectivity index (χ1) is 5.31. The summed E-state index contributed by atoms with van der Waals surface area (Å²) in [5.74, 6) is 0.313. The first-order valence-electron chi connectivity index (χ1n) is 4.24. The average molecular weight is 158 g/mol. The molecule has 11 heavy (non-hydrogen) atoms. The van der Waals surface area contributed by atoms with Gasteiger partial charge in [-0.2, -0.15) is 0 Å². The summed E-state index contributed by atoms with van der Waals surface area (Å²) in [5, 5.41) is 16.9. The van der Waals surface area contributed by atoms with Gasteiger partial charge in [0.1, 0.15) is 0 Å². The summed E-state index contributed by atoms with van der Waals surface area (Å²) in [6.45, 7) is 4.46. The van der Waals surface area contributed by atoms with Crippen LogP contribution in [0.4, 0.5) is 0 Å². The van der Waals surface area contributed by atoms with Crippen LogP contribution in [0.15, 0.2) is 0 Å². The highest BCUT2D eigenvalue weighted by Crippen LogP contribution is 2.11. The quantitative estimate of drug-likeness (QED) is 0.559. The van der Waals surface area contributed by atoms with Crippen LogP contribution >= 0.6 is 0 Å². The second-order valence-corrected chi connectivity index (χ2v) is 2.95. The molecule has 0 aromatic heterocycles. The maximum atomic E-state index is 8.57. The molecule has 0 fully saturated rings. The molecule has 0 aliphatic rings. The Kier molecular flexibility index (Phi) is 7.96. The maximum absolute atomic E-state index is 8.57. The molecule has 1 unspecified atom stereocenters. The lowest BCUT2D eigenvalue weighted by Gasteiger charge is -2.05. The zero-order valence-electron chi connectivity index (χ0n) is 7.16. The van der Waals surface area contributed by atoms with E-state index in [-0.39, 0.29) is 0 Å². The third-order valence-electron chi connectivity index (χ3n) is 1.75. The second kappa shape index (κ2) is 8.02. The third kappa shape index (κ3) is 7.82. The summed E-state index contributed by atoms with van der Waals surface area (Å²) in [6.07, 6.45) is 5.15. The number of aliphatic hydroxyl groups is 2. The largest absolute Gasteiger partial charge is 0.390 e. The lowest BCUT2D eigenvalue weighted by Crippen LogP contribution is -1.94. The molecule has 2 nitrogen and oxygen atoms in total. The van der Waals surface area contributed by atoms with E-state index in [0.29, 0.717) is 5.92 Å². The van der Waals surface area contributed by atoms with Gasteiger partial charge in [-0.25, -0.2) is 0 Å².